The molecule has 0 bridgehead atoms. The maximum Gasteiger partial charge on any atom is 0.253 e. The summed E-state index contributed by atoms with van der Waals surface area (Å²) in [4.78, 5) is 26.7. The average molecular weight is 458 g/mol. The number of thiophene rings is 1. The first kappa shape index (κ1) is 21.6. The summed E-state index contributed by atoms with van der Waals surface area (Å²) >= 11 is 1.72. The Hall–Kier alpha value is -3.29. The van der Waals surface area contributed by atoms with Gasteiger partial charge in [0.15, 0.2) is 0 Å². The molecule has 1 aliphatic rings. The van der Waals surface area contributed by atoms with Gasteiger partial charge in [0, 0.05) is 42.6 Å². The minimum atomic E-state index is 0.128. The first-order valence-electron chi connectivity index (χ1n) is 11.2. The first-order chi connectivity index (χ1) is 16.0. The number of rotatable bonds is 4. The van der Waals surface area contributed by atoms with Crippen LogP contribution in [0.3, 0.4) is 0 Å². The van der Waals surface area contributed by atoms with E-state index in [2.05, 4.69) is 53.1 Å². The fourth-order valence-electron chi connectivity index (χ4n) is 4.36. The van der Waals surface area contributed by atoms with Crippen LogP contribution in [0.15, 0.2) is 54.7 Å². The molecule has 2 N–H and O–H groups in total. The number of aromatic nitrogens is 2. The van der Waals surface area contributed by atoms with E-state index in [4.69, 9.17) is 5.73 Å². The molecule has 168 valence electrons. The van der Waals surface area contributed by atoms with Crippen molar-refractivity contribution in [1.29, 1.82) is 0 Å². The summed E-state index contributed by atoms with van der Waals surface area (Å²) in [5.41, 5.74) is 11.0. The molecule has 1 fully saturated rings. The Labute approximate surface area is 197 Å². The highest BCUT2D eigenvalue weighted by atomic mass is 32.1. The molecule has 7 heteroatoms. The summed E-state index contributed by atoms with van der Waals surface area (Å²) in [6.45, 7) is 5.55. The van der Waals surface area contributed by atoms with Crippen molar-refractivity contribution in [3.05, 3.63) is 77.0 Å². The Bertz CT molecular complexity index is 1320. The maximum atomic E-state index is 13.0. The van der Waals surface area contributed by atoms with E-state index in [-0.39, 0.29) is 11.9 Å². The number of anilines is 1. The molecule has 0 radical (unpaired) electrons. The Morgan fingerprint density at radius 1 is 1.06 bits per heavy atom. The first-order valence-corrected chi connectivity index (χ1v) is 12.0. The number of fused-ring (bicyclic) bond motifs is 1. The normalized spacial score (nSPS) is 14.7. The molecule has 3 heterocycles. The van der Waals surface area contributed by atoms with Gasteiger partial charge in [-0.25, -0.2) is 9.97 Å². The van der Waals surface area contributed by atoms with E-state index in [1.54, 1.807) is 17.5 Å². The van der Waals surface area contributed by atoms with Gasteiger partial charge < -0.3 is 15.5 Å². The molecule has 33 heavy (non-hydrogen) atoms. The second-order valence-electron chi connectivity index (χ2n) is 8.66. The van der Waals surface area contributed by atoms with Gasteiger partial charge in [-0.2, -0.15) is 0 Å². The summed E-state index contributed by atoms with van der Waals surface area (Å²) in [6.07, 6.45) is 2.48. The van der Waals surface area contributed by atoms with Gasteiger partial charge >= 0.3 is 0 Å². The van der Waals surface area contributed by atoms with Gasteiger partial charge in [0.25, 0.3) is 5.91 Å². The molecule has 0 aliphatic carbocycles. The lowest BCUT2D eigenvalue weighted by Crippen LogP contribution is -2.47. The lowest BCUT2D eigenvalue weighted by molar-refractivity contribution is 0.0664. The molecule has 1 aliphatic heterocycles. The molecule has 0 atom stereocenters. The standard InChI is InChI=1S/C26H27N5OS/c1-17-21-16-19(6-7-23(21)33-24(17)22-8-9-28-26(27)29-22)14-18-4-3-5-20(15-18)25(32)31-12-10-30(2)11-13-31/h3-9,15-16H,10-14H2,1-2H3,(H2,27,28,29). The van der Waals surface area contributed by atoms with Crippen molar-refractivity contribution >= 4 is 33.3 Å². The Kier molecular flexibility index (Phi) is 5.83. The van der Waals surface area contributed by atoms with E-state index < -0.39 is 0 Å². The van der Waals surface area contributed by atoms with Crippen molar-refractivity contribution in [2.24, 2.45) is 0 Å². The minimum Gasteiger partial charge on any atom is -0.368 e. The molecule has 5 rings (SSSR count). The fourth-order valence-corrected chi connectivity index (χ4v) is 5.52. The molecule has 2 aromatic carbocycles. The predicted molar refractivity (Wildman–Crippen MR) is 135 cm³/mol. The topological polar surface area (TPSA) is 75.3 Å². The van der Waals surface area contributed by atoms with Crippen molar-refractivity contribution in [2.75, 3.05) is 39.0 Å². The van der Waals surface area contributed by atoms with Crippen LogP contribution in [-0.4, -0.2) is 58.9 Å². The largest absolute Gasteiger partial charge is 0.368 e. The van der Waals surface area contributed by atoms with E-state index in [0.29, 0.717) is 0 Å². The lowest BCUT2D eigenvalue weighted by Gasteiger charge is -2.32. The van der Waals surface area contributed by atoms with Gasteiger partial charge in [0.2, 0.25) is 5.95 Å². The monoisotopic (exact) mass is 457 g/mol. The van der Waals surface area contributed by atoms with Gasteiger partial charge in [-0.05, 0) is 72.8 Å². The molecule has 1 amide bonds. The number of nitrogens with zero attached hydrogens (tertiary/aromatic N) is 4. The number of likely N-dealkylation sites (N-methyl/N-ethyl adjacent to an activating group) is 1. The van der Waals surface area contributed by atoms with Crippen LogP contribution in [0.2, 0.25) is 0 Å². The second kappa shape index (κ2) is 8.92. The smallest absolute Gasteiger partial charge is 0.253 e. The van der Waals surface area contributed by atoms with Crippen LogP contribution in [-0.2, 0) is 6.42 Å². The van der Waals surface area contributed by atoms with E-state index in [0.717, 1.165) is 54.3 Å². The van der Waals surface area contributed by atoms with Crippen LogP contribution in [0.4, 0.5) is 5.95 Å². The number of benzene rings is 2. The molecule has 0 unspecified atom stereocenters. The number of carbonyl (C=O) groups is 1. The van der Waals surface area contributed by atoms with E-state index >= 15 is 0 Å². The van der Waals surface area contributed by atoms with Crippen LogP contribution in [0.5, 0.6) is 0 Å². The zero-order chi connectivity index (χ0) is 22.9. The average Bonchev–Trinajstić information content (AvgIpc) is 3.15. The minimum absolute atomic E-state index is 0.128. The number of carbonyl (C=O) groups excluding carboxylic acids is 1. The molecular weight excluding hydrogens is 430 g/mol. The third-order valence-corrected chi connectivity index (χ3v) is 7.58. The SMILES string of the molecule is Cc1c(-c2ccnc(N)n2)sc2ccc(Cc3cccc(C(=O)N4CCN(C)CC4)c3)cc12. The van der Waals surface area contributed by atoms with Crippen molar-refractivity contribution in [2.45, 2.75) is 13.3 Å². The van der Waals surface area contributed by atoms with Crippen molar-refractivity contribution in [3.8, 4) is 10.6 Å². The highest BCUT2D eigenvalue weighted by molar-refractivity contribution is 7.22. The summed E-state index contributed by atoms with van der Waals surface area (Å²) in [6, 6.07) is 16.6. The van der Waals surface area contributed by atoms with Crippen LogP contribution in [0.25, 0.3) is 20.7 Å². The summed E-state index contributed by atoms with van der Waals surface area (Å²) in [5, 5.41) is 1.23. The Balaban J connectivity index is 1.39. The van der Waals surface area contributed by atoms with Crippen molar-refractivity contribution in [1.82, 2.24) is 19.8 Å². The van der Waals surface area contributed by atoms with Crippen molar-refractivity contribution in [3.63, 3.8) is 0 Å². The molecule has 6 nitrogen and oxygen atoms in total. The third kappa shape index (κ3) is 4.47. The number of nitrogens with two attached hydrogens (primary N) is 1. The number of piperazine rings is 1. The fraction of sp³-hybridized carbons (Fsp3) is 0.269. The van der Waals surface area contributed by atoms with Gasteiger partial charge in [0.05, 0.1) is 10.6 Å². The number of aryl methyl sites for hydroxylation is 1. The number of hydrogen-bond acceptors (Lipinski definition) is 6. The Morgan fingerprint density at radius 2 is 1.85 bits per heavy atom. The van der Waals surface area contributed by atoms with Crippen LogP contribution in [0.1, 0.15) is 27.0 Å². The summed E-state index contributed by atoms with van der Waals surface area (Å²) < 4.78 is 1.22. The molecular formula is C26H27N5OS. The molecule has 2 aromatic heterocycles. The number of hydrogen-bond donors (Lipinski definition) is 1. The van der Waals surface area contributed by atoms with Crippen LogP contribution in [0, 0.1) is 6.92 Å². The zero-order valence-corrected chi connectivity index (χ0v) is 19.7. The van der Waals surface area contributed by atoms with Crippen LogP contribution >= 0.6 is 11.3 Å². The van der Waals surface area contributed by atoms with Gasteiger partial charge in [-0.1, -0.05) is 18.2 Å². The third-order valence-electron chi connectivity index (χ3n) is 6.28. The summed E-state index contributed by atoms with van der Waals surface area (Å²) in [5.74, 6) is 0.416. The highest BCUT2D eigenvalue weighted by Crippen LogP contribution is 2.38. The molecule has 0 spiro atoms. The second-order valence-corrected chi connectivity index (χ2v) is 9.71. The van der Waals surface area contributed by atoms with E-state index in [1.807, 2.05) is 29.2 Å². The van der Waals surface area contributed by atoms with Gasteiger partial charge in [0.1, 0.15) is 0 Å². The molecule has 1 saturated heterocycles. The van der Waals surface area contributed by atoms with E-state index in [1.165, 1.54) is 21.2 Å². The molecule has 4 aromatic rings. The van der Waals surface area contributed by atoms with Crippen molar-refractivity contribution < 1.29 is 4.79 Å². The van der Waals surface area contributed by atoms with Gasteiger partial charge in [-0.3, -0.25) is 4.79 Å². The predicted octanol–water partition coefficient (Wildman–Crippen LogP) is 4.23. The highest BCUT2D eigenvalue weighted by Gasteiger charge is 2.20. The lowest BCUT2D eigenvalue weighted by atomic mass is 10.00. The maximum absolute atomic E-state index is 13.0. The molecule has 0 saturated carbocycles. The number of nitrogen functional groups attached to an aromatic ring is 1. The summed E-state index contributed by atoms with van der Waals surface area (Å²) in [7, 11) is 2.10. The zero-order valence-electron chi connectivity index (χ0n) is 18.9. The quantitative estimate of drug-likeness (QED) is 0.496. The van der Waals surface area contributed by atoms with Gasteiger partial charge in [-0.15, -0.1) is 11.3 Å². The number of amides is 1. The van der Waals surface area contributed by atoms with Crippen LogP contribution < -0.4 is 5.73 Å². The Morgan fingerprint density at radius 3 is 2.64 bits per heavy atom. The van der Waals surface area contributed by atoms with E-state index in [9.17, 15) is 4.79 Å².